The molecule has 1 atom stereocenters. The number of nitrogens with zero attached hydrogens (tertiary/aromatic N) is 1. The average Bonchev–Trinajstić information content (AvgIpc) is 3.30. The summed E-state index contributed by atoms with van der Waals surface area (Å²) in [5.41, 5.74) is 1.87. The molecule has 0 spiro atoms. The summed E-state index contributed by atoms with van der Waals surface area (Å²) in [6.07, 6.45) is 1.92. The van der Waals surface area contributed by atoms with Crippen LogP contribution in [0.25, 0.3) is 0 Å². The van der Waals surface area contributed by atoms with Gasteiger partial charge >= 0.3 is 12.0 Å². The monoisotopic (exact) mass is 320 g/mol. The number of benzene rings is 1. The summed E-state index contributed by atoms with van der Waals surface area (Å²) in [6.45, 7) is 1.79. The largest absolute Gasteiger partial charge is 0.466 e. The highest BCUT2D eigenvalue weighted by molar-refractivity contribution is 6.30. The molecule has 116 valence electrons. The topological polar surface area (TPSA) is 58.6 Å². The number of nitrogens with one attached hydrogen (secondary N) is 1. The van der Waals surface area contributed by atoms with Crippen LogP contribution in [0, 0.1) is 0 Å². The van der Waals surface area contributed by atoms with Gasteiger partial charge in [0.1, 0.15) is 0 Å². The Labute approximate surface area is 133 Å². The first kappa shape index (κ1) is 14.9. The van der Waals surface area contributed by atoms with E-state index < -0.39 is 12.0 Å². The van der Waals surface area contributed by atoms with Crippen LogP contribution in [0.5, 0.6) is 0 Å². The lowest BCUT2D eigenvalue weighted by atomic mass is 9.95. The molecule has 0 aromatic heterocycles. The van der Waals surface area contributed by atoms with Gasteiger partial charge in [-0.15, -0.1) is 0 Å². The van der Waals surface area contributed by atoms with Crippen LogP contribution in [0.4, 0.5) is 4.79 Å². The van der Waals surface area contributed by atoms with Gasteiger partial charge in [0, 0.05) is 16.8 Å². The van der Waals surface area contributed by atoms with E-state index in [4.69, 9.17) is 16.3 Å². The number of esters is 1. The Morgan fingerprint density at radius 1 is 1.41 bits per heavy atom. The van der Waals surface area contributed by atoms with E-state index in [2.05, 4.69) is 5.32 Å². The number of hydrogen-bond acceptors (Lipinski definition) is 3. The molecule has 1 aromatic carbocycles. The van der Waals surface area contributed by atoms with Gasteiger partial charge in [0.25, 0.3) is 0 Å². The fraction of sp³-hybridized carbons (Fsp3) is 0.375. The maximum atomic E-state index is 12.4. The van der Waals surface area contributed by atoms with Gasteiger partial charge < -0.3 is 10.1 Å². The highest BCUT2D eigenvalue weighted by Crippen LogP contribution is 2.38. The van der Waals surface area contributed by atoms with Gasteiger partial charge in [-0.3, -0.25) is 4.90 Å². The SMILES string of the molecule is COC(=O)C1=C(C)N(C2CC2)C(=O)NC1c1cccc(Cl)c1. The molecule has 1 saturated carbocycles. The van der Waals surface area contributed by atoms with Crippen molar-refractivity contribution in [3.63, 3.8) is 0 Å². The molecule has 3 rings (SSSR count). The predicted molar refractivity (Wildman–Crippen MR) is 82.3 cm³/mol. The zero-order valence-corrected chi connectivity index (χ0v) is 13.2. The zero-order chi connectivity index (χ0) is 15.9. The first-order chi connectivity index (χ1) is 10.5. The van der Waals surface area contributed by atoms with Crippen molar-refractivity contribution in [3.05, 3.63) is 46.1 Å². The summed E-state index contributed by atoms with van der Waals surface area (Å²) in [5, 5.41) is 3.45. The maximum Gasteiger partial charge on any atom is 0.337 e. The number of carbonyl (C=O) groups excluding carboxylic acids is 2. The number of ether oxygens (including phenoxy) is 1. The third-order valence-corrected chi connectivity index (χ3v) is 4.26. The van der Waals surface area contributed by atoms with E-state index in [1.807, 2.05) is 6.07 Å². The highest BCUT2D eigenvalue weighted by Gasteiger charge is 2.42. The van der Waals surface area contributed by atoms with Crippen molar-refractivity contribution in [2.24, 2.45) is 0 Å². The molecule has 1 aliphatic carbocycles. The van der Waals surface area contributed by atoms with E-state index in [0.717, 1.165) is 18.4 Å². The Morgan fingerprint density at radius 3 is 2.73 bits per heavy atom. The summed E-state index contributed by atoms with van der Waals surface area (Å²) in [5.74, 6) is -0.437. The number of amides is 2. The summed E-state index contributed by atoms with van der Waals surface area (Å²) in [6, 6.07) is 6.57. The standard InChI is InChI=1S/C16H17ClN2O3/c1-9-13(15(20)22-2)14(10-4-3-5-11(17)8-10)18-16(21)19(9)12-6-7-12/h3-5,8,12,14H,6-7H2,1-2H3,(H,18,21). The molecular formula is C16H17ClN2O3. The molecule has 1 aliphatic heterocycles. The van der Waals surface area contributed by atoms with Crippen LogP contribution in [0.3, 0.4) is 0 Å². The third kappa shape index (κ3) is 2.57. The van der Waals surface area contributed by atoms with Crippen LogP contribution in [0.2, 0.25) is 5.02 Å². The second-order valence-corrected chi connectivity index (χ2v) is 5.97. The second kappa shape index (κ2) is 5.65. The lowest BCUT2D eigenvalue weighted by Gasteiger charge is -2.35. The highest BCUT2D eigenvalue weighted by atomic mass is 35.5. The Kier molecular flexibility index (Phi) is 3.83. The Bertz CT molecular complexity index is 667. The number of rotatable bonds is 3. The minimum atomic E-state index is -0.548. The molecule has 0 saturated heterocycles. The van der Waals surface area contributed by atoms with Gasteiger partial charge in [-0.1, -0.05) is 23.7 Å². The molecule has 1 N–H and O–H groups in total. The Hall–Kier alpha value is -2.01. The fourth-order valence-electron chi connectivity index (χ4n) is 2.84. The van der Waals surface area contributed by atoms with Gasteiger partial charge in [-0.25, -0.2) is 9.59 Å². The van der Waals surface area contributed by atoms with E-state index in [1.54, 1.807) is 30.0 Å². The van der Waals surface area contributed by atoms with Crippen LogP contribution in [0.1, 0.15) is 31.4 Å². The average molecular weight is 321 g/mol. The predicted octanol–water partition coefficient (Wildman–Crippen LogP) is 3.02. The summed E-state index contributed by atoms with van der Waals surface area (Å²) in [7, 11) is 1.34. The van der Waals surface area contributed by atoms with E-state index in [-0.39, 0.29) is 12.1 Å². The van der Waals surface area contributed by atoms with Crippen molar-refractivity contribution in [2.45, 2.75) is 31.8 Å². The van der Waals surface area contributed by atoms with Crippen molar-refractivity contribution < 1.29 is 14.3 Å². The molecule has 5 nitrogen and oxygen atoms in total. The molecule has 1 unspecified atom stereocenters. The molecule has 1 aromatic rings. The van der Waals surface area contributed by atoms with Crippen molar-refractivity contribution >= 4 is 23.6 Å². The molecule has 6 heteroatoms. The summed E-state index contributed by atoms with van der Waals surface area (Å²) >= 11 is 6.03. The minimum Gasteiger partial charge on any atom is -0.466 e. The maximum absolute atomic E-state index is 12.4. The quantitative estimate of drug-likeness (QED) is 0.871. The smallest absolute Gasteiger partial charge is 0.337 e. The number of urea groups is 1. The molecule has 1 fully saturated rings. The minimum absolute atomic E-state index is 0.181. The van der Waals surface area contributed by atoms with E-state index >= 15 is 0 Å². The lowest BCUT2D eigenvalue weighted by Crippen LogP contribution is -2.48. The first-order valence-corrected chi connectivity index (χ1v) is 7.55. The van der Waals surface area contributed by atoms with Crippen molar-refractivity contribution in [3.8, 4) is 0 Å². The van der Waals surface area contributed by atoms with Crippen LogP contribution in [-0.2, 0) is 9.53 Å². The van der Waals surface area contributed by atoms with E-state index in [0.29, 0.717) is 16.3 Å². The van der Waals surface area contributed by atoms with Crippen LogP contribution in [0.15, 0.2) is 35.5 Å². The lowest BCUT2D eigenvalue weighted by molar-refractivity contribution is -0.136. The van der Waals surface area contributed by atoms with E-state index in [1.165, 1.54) is 7.11 Å². The van der Waals surface area contributed by atoms with Gasteiger partial charge in [-0.05, 0) is 37.5 Å². The van der Waals surface area contributed by atoms with Gasteiger partial charge in [-0.2, -0.15) is 0 Å². The molecule has 1 heterocycles. The number of hydrogen-bond donors (Lipinski definition) is 1. The van der Waals surface area contributed by atoms with Crippen LogP contribution in [-0.4, -0.2) is 30.1 Å². The molecule has 0 radical (unpaired) electrons. The zero-order valence-electron chi connectivity index (χ0n) is 12.4. The van der Waals surface area contributed by atoms with Gasteiger partial charge in [0.15, 0.2) is 0 Å². The van der Waals surface area contributed by atoms with Crippen LogP contribution < -0.4 is 5.32 Å². The van der Waals surface area contributed by atoms with E-state index in [9.17, 15) is 9.59 Å². The molecule has 2 amide bonds. The Balaban J connectivity index is 2.08. The number of halogens is 1. The number of carbonyl (C=O) groups is 2. The fourth-order valence-corrected chi connectivity index (χ4v) is 3.04. The molecule has 22 heavy (non-hydrogen) atoms. The van der Waals surface area contributed by atoms with Crippen LogP contribution >= 0.6 is 11.6 Å². The number of methoxy groups -OCH3 is 1. The molecule has 0 bridgehead atoms. The van der Waals surface area contributed by atoms with Gasteiger partial charge in [0.05, 0.1) is 18.7 Å². The van der Waals surface area contributed by atoms with Crippen molar-refractivity contribution in [2.75, 3.05) is 7.11 Å². The van der Waals surface area contributed by atoms with Crippen molar-refractivity contribution in [1.29, 1.82) is 0 Å². The van der Waals surface area contributed by atoms with Gasteiger partial charge in [0.2, 0.25) is 0 Å². The summed E-state index contributed by atoms with van der Waals surface area (Å²) in [4.78, 5) is 26.3. The molecule has 2 aliphatic rings. The Morgan fingerprint density at radius 2 is 2.14 bits per heavy atom. The number of allylic oxidation sites excluding steroid dienone is 1. The first-order valence-electron chi connectivity index (χ1n) is 7.17. The second-order valence-electron chi connectivity index (χ2n) is 5.53. The normalized spacial score (nSPS) is 21.7. The summed E-state index contributed by atoms with van der Waals surface area (Å²) < 4.78 is 4.92. The van der Waals surface area contributed by atoms with Crippen molar-refractivity contribution in [1.82, 2.24) is 10.2 Å². The molecular weight excluding hydrogens is 304 g/mol. The third-order valence-electron chi connectivity index (χ3n) is 4.03.